The predicted molar refractivity (Wildman–Crippen MR) is 66.5 cm³/mol. The summed E-state index contributed by atoms with van der Waals surface area (Å²) in [6.45, 7) is 0.826. The van der Waals surface area contributed by atoms with E-state index in [1.165, 1.54) is 12.8 Å². The maximum Gasteiger partial charge on any atom is 0.235 e. The molecule has 92 valence electrons. The summed E-state index contributed by atoms with van der Waals surface area (Å²) >= 11 is 1.81. The molecule has 1 aliphatic carbocycles. The average Bonchev–Trinajstić information content (AvgIpc) is 2.27. The quantitative estimate of drug-likeness (QED) is 0.816. The topological polar surface area (TPSA) is 40.5 Å². The third kappa shape index (κ3) is 2.92. The fraction of sp³-hybridized carbons (Fsp3) is 0.917. The van der Waals surface area contributed by atoms with Crippen LogP contribution in [0.3, 0.4) is 0 Å². The predicted octanol–water partition coefficient (Wildman–Crippen LogP) is 1.50. The second kappa shape index (κ2) is 5.41. The molecule has 1 N–H and O–H groups in total. The minimum absolute atomic E-state index is 0.113. The van der Waals surface area contributed by atoms with Gasteiger partial charge < -0.3 is 10.0 Å². The summed E-state index contributed by atoms with van der Waals surface area (Å²) in [6, 6.07) is 0. The summed E-state index contributed by atoms with van der Waals surface area (Å²) in [5.74, 6) is 1.95. The highest BCUT2D eigenvalue weighted by Crippen LogP contribution is 2.30. The van der Waals surface area contributed by atoms with E-state index in [4.69, 9.17) is 0 Å². The number of nitrogens with zero attached hydrogens (tertiary/aromatic N) is 1. The zero-order valence-corrected chi connectivity index (χ0v) is 10.7. The number of rotatable bonds is 3. The molecule has 1 atom stereocenters. The van der Waals surface area contributed by atoms with Crippen LogP contribution in [-0.2, 0) is 4.79 Å². The number of amides is 1. The molecule has 0 aromatic carbocycles. The maximum atomic E-state index is 12.1. The molecule has 1 amide bonds. The van der Waals surface area contributed by atoms with E-state index in [9.17, 15) is 9.90 Å². The van der Waals surface area contributed by atoms with Gasteiger partial charge in [0.25, 0.3) is 0 Å². The summed E-state index contributed by atoms with van der Waals surface area (Å²) < 4.78 is 0. The van der Waals surface area contributed by atoms with Gasteiger partial charge in [0, 0.05) is 13.6 Å². The molecule has 2 aliphatic rings. The first-order valence-corrected chi connectivity index (χ1v) is 7.26. The van der Waals surface area contributed by atoms with E-state index in [1.807, 2.05) is 23.7 Å². The highest BCUT2D eigenvalue weighted by molar-refractivity contribution is 8.00. The van der Waals surface area contributed by atoms with Crippen molar-refractivity contribution in [2.75, 3.05) is 19.3 Å². The van der Waals surface area contributed by atoms with Crippen LogP contribution in [0.2, 0.25) is 0 Å². The molecular weight excluding hydrogens is 222 g/mol. The van der Waals surface area contributed by atoms with Gasteiger partial charge in [-0.15, -0.1) is 11.8 Å². The Morgan fingerprint density at radius 3 is 2.75 bits per heavy atom. The molecule has 3 nitrogen and oxygen atoms in total. The Morgan fingerprint density at radius 2 is 2.19 bits per heavy atom. The summed E-state index contributed by atoms with van der Waals surface area (Å²) in [5, 5.41) is 9.41. The first-order valence-electron chi connectivity index (χ1n) is 6.21. The standard InChI is InChI=1S/C12H21NO2S/c1-13(8-9-6-10(14)7-9)12(15)11-4-2-3-5-16-11/h9-11,14H,2-8H2,1H3. The van der Waals surface area contributed by atoms with Crippen LogP contribution < -0.4 is 0 Å². The van der Waals surface area contributed by atoms with E-state index < -0.39 is 0 Å². The lowest BCUT2D eigenvalue weighted by molar-refractivity contribution is -0.131. The van der Waals surface area contributed by atoms with Gasteiger partial charge in [-0.2, -0.15) is 0 Å². The second-order valence-electron chi connectivity index (χ2n) is 5.07. The van der Waals surface area contributed by atoms with Crippen molar-refractivity contribution in [3.8, 4) is 0 Å². The number of aliphatic hydroxyl groups is 1. The van der Waals surface area contributed by atoms with E-state index in [0.717, 1.165) is 31.6 Å². The largest absolute Gasteiger partial charge is 0.393 e. The van der Waals surface area contributed by atoms with Crippen LogP contribution >= 0.6 is 11.8 Å². The van der Waals surface area contributed by atoms with Crippen molar-refractivity contribution in [1.82, 2.24) is 4.90 Å². The molecule has 0 bridgehead atoms. The number of hydrogen-bond acceptors (Lipinski definition) is 3. The van der Waals surface area contributed by atoms with Gasteiger partial charge in [-0.3, -0.25) is 4.79 Å². The zero-order valence-electron chi connectivity index (χ0n) is 9.89. The van der Waals surface area contributed by atoms with Gasteiger partial charge in [0.05, 0.1) is 11.4 Å². The zero-order chi connectivity index (χ0) is 11.5. The lowest BCUT2D eigenvalue weighted by Crippen LogP contribution is -2.43. The molecule has 0 aromatic rings. The van der Waals surface area contributed by atoms with Crippen molar-refractivity contribution < 1.29 is 9.90 Å². The number of thioether (sulfide) groups is 1. The van der Waals surface area contributed by atoms with Gasteiger partial charge in [-0.25, -0.2) is 0 Å². The van der Waals surface area contributed by atoms with E-state index in [1.54, 1.807) is 0 Å². The third-order valence-corrected chi connectivity index (χ3v) is 4.94. The van der Waals surface area contributed by atoms with Gasteiger partial charge in [0.2, 0.25) is 5.91 Å². The summed E-state index contributed by atoms with van der Waals surface area (Å²) in [5.41, 5.74) is 0. The van der Waals surface area contributed by atoms with Crippen LogP contribution in [-0.4, -0.2) is 46.6 Å². The van der Waals surface area contributed by atoms with Crippen LogP contribution in [0.25, 0.3) is 0 Å². The molecule has 0 radical (unpaired) electrons. The summed E-state index contributed by atoms with van der Waals surface area (Å²) in [4.78, 5) is 14.0. The van der Waals surface area contributed by atoms with Gasteiger partial charge in [-0.1, -0.05) is 6.42 Å². The molecule has 1 saturated heterocycles. The lowest BCUT2D eigenvalue weighted by atomic mass is 9.82. The minimum Gasteiger partial charge on any atom is -0.393 e. The lowest BCUT2D eigenvalue weighted by Gasteiger charge is -2.35. The average molecular weight is 243 g/mol. The van der Waals surface area contributed by atoms with Crippen molar-refractivity contribution in [2.24, 2.45) is 5.92 Å². The molecule has 1 unspecified atom stereocenters. The highest BCUT2D eigenvalue weighted by atomic mass is 32.2. The van der Waals surface area contributed by atoms with Crippen molar-refractivity contribution in [1.29, 1.82) is 0 Å². The molecule has 4 heteroatoms. The van der Waals surface area contributed by atoms with Gasteiger partial charge in [0.15, 0.2) is 0 Å². The molecule has 2 rings (SSSR count). The highest BCUT2D eigenvalue weighted by Gasteiger charge is 2.31. The normalized spacial score (nSPS) is 34.2. The fourth-order valence-electron chi connectivity index (χ4n) is 2.51. The van der Waals surface area contributed by atoms with E-state index in [0.29, 0.717) is 11.8 Å². The minimum atomic E-state index is -0.113. The van der Waals surface area contributed by atoms with Gasteiger partial charge in [0.1, 0.15) is 0 Å². The summed E-state index contributed by atoms with van der Waals surface area (Å²) in [7, 11) is 1.90. The Kier molecular flexibility index (Phi) is 4.14. The number of hydrogen-bond donors (Lipinski definition) is 1. The molecule has 1 heterocycles. The Labute approximate surface area is 102 Å². The first-order chi connectivity index (χ1) is 7.66. The second-order valence-corrected chi connectivity index (χ2v) is 6.38. The van der Waals surface area contributed by atoms with Crippen molar-refractivity contribution in [3.63, 3.8) is 0 Å². The Morgan fingerprint density at radius 1 is 1.44 bits per heavy atom. The monoisotopic (exact) mass is 243 g/mol. The van der Waals surface area contributed by atoms with Gasteiger partial charge >= 0.3 is 0 Å². The van der Waals surface area contributed by atoms with E-state index >= 15 is 0 Å². The molecule has 16 heavy (non-hydrogen) atoms. The van der Waals surface area contributed by atoms with Crippen molar-refractivity contribution in [2.45, 2.75) is 43.5 Å². The number of aliphatic hydroxyl groups excluding tert-OH is 1. The van der Waals surface area contributed by atoms with E-state index in [2.05, 4.69) is 0 Å². The van der Waals surface area contributed by atoms with Crippen LogP contribution in [0.1, 0.15) is 32.1 Å². The number of carbonyl (C=O) groups excluding carboxylic acids is 1. The molecule has 0 spiro atoms. The van der Waals surface area contributed by atoms with E-state index in [-0.39, 0.29) is 11.4 Å². The third-order valence-electron chi connectivity index (χ3n) is 3.57. The maximum absolute atomic E-state index is 12.1. The number of carbonyl (C=O) groups is 1. The first kappa shape index (κ1) is 12.2. The molecule has 2 fully saturated rings. The molecular formula is C12H21NO2S. The Hall–Kier alpha value is -0.220. The molecule has 1 saturated carbocycles. The van der Waals surface area contributed by atoms with Crippen molar-refractivity contribution in [3.05, 3.63) is 0 Å². The Balaban J connectivity index is 1.74. The van der Waals surface area contributed by atoms with Crippen LogP contribution in [0, 0.1) is 5.92 Å². The molecule has 0 aromatic heterocycles. The van der Waals surface area contributed by atoms with Crippen molar-refractivity contribution >= 4 is 17.7 Å². The molecule has 1 aliphatic heterocycles. The SMILES string of the molecule is CN(CC1CC(O)C1)C(=O)C1CCCCS1. The van der Waals surface area contributed by atoms with Gasteiger partial charge in [-0.05, 0) is 37.4 Å². The summed E-state index contributed by atoms with van der Waals surface area (Å²) in [6.07, 6.45) is 5.12. The van der Waals surface area contributed by atoms with Crippen LogP contribution in [0.4, 0.5) is 0 Å². The smallest absolute Gasteiger partial charge is 0.235 e. The van der Waals surface area contributed by atoms with Crippen LogP contribution in [0.15, 0.2) is 0 Å². The fourth-order valence-corrected chi connectivity index (χ4v) is 3.82. The van der Waals surface area contributed by atoms with Crippen LogP contribution in [0.5, 0.6) is 0 Å². The Bertz CT molecular complexity index is 247.